The van der Waals surface area contributed by atoms with E-state index in [1.807, 2.05) is 0 Å². The van der Waals surface area contributed by atoms with Crippen molar-refractivity contribution in [2.24, 2.45) is 5.92 Å². The topological polar surface area (TPSA) is 32.3 Å². The van der Waals surface area contributed by atoms with E-state index in [4.69, 9.17) is 0 Å². The Hall–Kier alpha value is -0.570. The normalized spacial score (nSPS) is 23.4. The van der Waals surface area contributed by atoms with Crippen molar-refractivity contribution in [1.29, 1.82) is 0 Å². The highest BCUT2D eigenvalue weighted by Crippen LogP contribution is 2.21. The Morgan fingerprint density at radius 2 is 2.11 bits per heavy atom. The fraction of sp³-hybridized carbons (Fsp3) is 0.933. The molecule has 0 aromatic rings. The molecule has 3 heteroatoms. The van der Waals surface area contributed by atoms with Gasteiger partial charge in [-0.3, -0.25) is 4.79 Å². The van der Waals surface area contributed by atoms with Gasteiger partial charge in [-0.05, 0) is 32.6 Å². The summed E-state index contributed by atoms with van der Waals surface area (Å²) in [5.41, 5.74) is 0.0509. The zero-order valence-corrected chi connectivity index (χ0v) is 12.8. The summed E-state index contributed by atoms with van der Waals surface area (Å²) in [6, 6.07) is 0.377. The summed E-state index contributed by atoms with van der Waals surface area (Å²) >= 11 is 0. The van der Waals surface area contributed by atoms with E-state index in [0.29, 0.717) is 24.3 Å². The van der Waals surface area contributed by atoms with Crippen molar-refractivity contribution < 1.29 is 4.79 Å². The van der Waals surface area contributed by atoms with Gasteiger partial charge in [-0.1, -0.05) is 27.2 Å². The molecule has 0 aromatic heterocycles. The first-order chi connectivity index (χ1) is 8.35. The third-order valence-corrected chi connectivity index (χ3v) is 3.63. The average Bonchev–Trinajstić information content (AvgIpc) is 2.27. The summed E-state index contributed by atoms with van der Waals surface area (Å²) in [7, 11) is 0. The summed E-state index contributed by atoms with van der Waals surface area (Å²) in [5.74, 6) is 0.983. The zero-order valence-electron chi connectivity index (χ0n) is 12.8. The Balaban J connectivity index is 2.67. The molecule has 1 amide bonds. The zero-order chi connectivity index (χ0) is 13.8. The minimum Gasteiger partial charge on any atom is -0.337 e. The second-order valence-corrected chi connectivity index (χ2v) is 6.67. The largest absolute Gasteiger partial charge is 0.337 e. The van der Waals surface area contributed by atoms with E-state index in [0.717, 1.165) is 32.4 Å². The molecule has 1 fully saturated rings. The number of nitrogens with zero attached hydrogens (tertiary/aromatic N) is 1. The van der Waals surface area contributed by atoms with Gasteiger partial charge in [0.1, 0.15) is 0 Å². The molecular formula is C15H30N2O. The highest BCUT2D eigenvalue weighted by molar-refractivity contribution is 5.76. The maximum absolute atomic E-state index is 12.3. The maximum Gasteiger partial charge on any atom is 0.222 e. The van der Waals surface area contributed by atoms with Crippen LogP contribution >= 0.6 is 0 Å². The molecule has 106 valence electrons. The molecule has 1 N–H and O–H groups in total. The smallest absolute Gasteiger partial charge is 0.222 e. The van der Waals surface area contributed by atoms with Gasteiger partial charge < -0.3 is 10.2 Å². The van der Waals surface area contributed by atoms with Crippen LogP contribution in [-0.2, 0) is 4.79 Å². The van der Waals surface area contributed by atoms with Crippen LogP contribution in [0.25, 0.3) is 0 Å². The number of unbranched alkanes of at least 4 members (excludes halogenated alkanes) is 1. The molecule has 0 radical (unpaired) electrons. The predicted molar refractivity (Wildman–Crippen MR) is 76.6 cm³/mol. The van der Waals surface area contributed by atoms with Crippen molar-refractivity contribution in [2.45, 2.75) is 71.9 Å². The Kier molecular flexibility index (Phi) is 5.64. The summed E-state index contributed by atoms with van der Waals surface area (Å²) in [5, 5.41) is 3.56. The van der Waals surface area contributed by atoms with Crippen molar-refractivity contribution in [2.75, 3.05) is 13.1 Å². The molecule has 1 atom stereocenters. The van der Waals surface area contributed by atoms with Crippen LogP contribution in [0.3, 0.4) is 0 Å². The molecular weight excluding hydrogens is 224 g/mol. The molecule has 0 spiro atoms. The second kappa shape index (κ2) is 6.55. The summed E-state index contributed by atoms with van der Waals surface area (Å²) in [6.07, 6.45) is 3.91. The number of rotatable bonds is 5. The lowest BCUT2D eigenvalue weighted by Crippen LogP contribution is -2.63. The molecule has 1 saturated heterocycles. The molecule has 1 aliphatic heterocycles. The van der Waals surface area contributed by atoms with Gasteiger partial charge in [0, 0.05) is 31.1 Å². The van der Waals surface area contributed by atoms with Gasteiger partial charge in [-0.2, -0.15) is 0 Å². The summed E-state index contributed by atoms with van der Waals surface area (Å²) in [6.45, 7) is 12.7. The van der Waals surface area contributed by atoms with Crippen LogP contribution in [0.15, 0.2) is 0 Å². The number of carbonyl (C=O) groups is 1. The highest BCUT2D eigenvalue weighted by atomic mass is 16.2. The van der Waals surface area contributed by atoms with E-state index in [9.17, 15) is 4.79 Å². The number of amides is 1. The second-order valence-electron chi connectivity index (χ2n) is 6.67. The first-order valence-corrected chi connectivity index (χ1v) is 7.40. The molecule has 0 aliphatic carbocycles. The van der Waals surface area contributed by atoms with E-state index in [1.165, 1.54) is 0 Å². The quantitative estimate of drug-likeness (QED) is 0.818. The van der Waals surface area contributed by atoms with Crippen LogP contribution in [-0.4, -0.2) is 35.5 Å². The van der Waals surface area contributed by atoms with Crippen LogP contribution < -0.4 is 5.32 Å². The molecule has 0 bridgehead atoms. The number of piperazine rings is 1. The minimum absolute atomic E-state index is 0.0509. The van der Waals surface area contributed by atoms with Crippen LogP contribution in [0.5, 0.6) is 0 Å². The lowest BCUT2D eigenvalue weighted by molar-refractivity contribution is -0.136. The minimum atomic E-state index is 0.0509. The molecule has 0 saturated carbocycles. The Morgan fingerprint density at radius 3 is 2.67 bits per heavy atom. The number of hydrogen-bond donors (Lipinski definition) is 1. The molecule has 0 aromatic carbocycles. The van der Waals surface area contributed by atoms with Crippen LogP contribution in [0.4, 0.5) is 0 Å². The Bertz CT molecular complexity index is 274. The third-order valence-electron chi connectivity index (χ3n) is 3.63. The molecule has 1 unspecified atom stereocenters. The standard InChI is InChI=1S/C15H30N2O/c1-6-7-8-14(18)17-11-15(4,5)16-10-13(17)9-12(2)3/h12-13,16H,6-11H2,1-5H3. The number of carbonyl (C=O) groups excluding carboxylic acids is 1. The van der Waals surface area contributed by atoms with Gasteiger partial charge in [0.15, 0.2) is 0 Å². The Morgan fingerprint density at radius 1 is 1.44 bits per heavy atom. The van der Waals surface area contributed by atoms with E-state index >= 15 is 0 Å². The predicted octanol–water partition coefficient (Wildman–Crippen LogP) is 2.80. The fourth-order valence-electron chi connectivity index (χ4n) is 2.63. The fourth-order valence-corrected chi connectivity index (χ4v) is 2.63. The van der Waals surface area contributed by atoms with Crippen molar-refractivity contribution in [1.82, 2.24) is 10.2 Å². The van der Waals surface area contributed by atoms with Gasteiger partial charge >= 0.3 is 0 Å². The molecule has 1 rings (SSSR count). The van der Waals surface area contributed by atoms with Gasteiger partial charge in [0.25, 0.3) is 0 Å². The molecule has 1 aliphatic rings. The SMILES string of the molecule is CCCCC(=O)N1CC(C)(C)NCC1CC(C)C. The molecule has 3 nitrogen and oxygen atoms in total. The van der Waals surface area contributed by atoms with E-state index in [-0.39, 0.29) is 5.54 Å². The number of hydrogen-bond acceptors (Lipinski definition) is 2. The lowest BCUT2D eigenvalue weighted by Gasteiger charge is -2.45. The van der Waals surface area contributed by atoms with Gasteiger partial charge in [0.2, 0.25) is 5.91 Å². The van der Waals surface area contributed by atoms with E-state index in [2.05, 4.69) is 44.8 Å². The van der Waals surface area contributed by atoms with Crippen LogP contribution in [0.2, 0.25) is 0 Å². The van der Waals surface area contributed by atoms with Crippen molar-refractivity contribution >= 4 is 5.91 Å². The summed E-state index contributed by atoms with van der Waals surface area (Å²) < 4.78 is 0. The van der Waals surface area contributed by atoms with E-state index in [1.54, 1.807) is 0 Å². The molecule has 1 heterocycles. The first-order valence-electron chi connectivity index (χ1n) is 7.40. The average molecular weight is 254 g/mol. The van der Waals surface area contributed by atoms with Gasteiger partial charge in [0.05, 0.1) is 0 Å². The third kappa shape index (κ3) is 4.60. The maximum atomic E-state index is 12.3. The Labute approximate surface area is 112 Å². The van der Waals surface area contributed by atoms with Gasteiger partial charge in [-0.25, -0.2) is 0 Å². The van der Waals surface area contributed by atoms with Crippen molar-refractivity contribution in [3.63, 3.8) is 0 Å². The monoisotopic (exact) mass is 254 g/mol. The van der Waals surface area contributed by atoms with E-state index < -0.39 is 0 Å². The van der Waals surface area contributed by atoms with Crippen LogP contribution in [0, 0.1) is 5.92 Å². The summed E-state index contributed by atoms with van der Waals surface area (Å²) in [4.78, 5) is 14.5. The van der Waals surface area contributed by atoms with Crippen molar-refractivity contribution in [3.05, 3.63) is 0 Å². The molecule has 18 heavy (non-hydrogen) atoms. The van der Waals surface area contributed by atoms with Gasteiger partial charge in [-0.15, -0.1) is 0 Å². The lowest BCUT2D eigenvalue weighted by atomic mass is 9.93. The van der Waals surface area contributed by atoms with Crippen LogP contribution in [0.1, 0.15) is 60.3 Å². The number of nitrogens with one attached hydrogen (secondary N) is 1. The highest BCUT2D eigenvalue weighted by Gasteiger charge is 2.34. The van der Waals surface area contributed by atoms with Crippen molar-refractivity contribution in [3.8, 4) is 0 Å². The first kappa shape index (κ1) is 15.5.